The molecular weight excluding hydrogens is 224 g/mol. The molecule has 16 heavy (non-hydrogen) atoms. The summed E-state index contributed by atoms with van der Waals surface area (Å²) in [5, 5.41) is 8.04. The minimum atomic E-state index is -2.47. The lowest BCUT2D eigenvalue weighted by Gasteiger charge is -2.06. The standard InChI is InChI=1S/C10H12N4OS/c1-11-16(2,15)10-13-12-8-14(10)9-6-4-3-5-7-9/h3-8H,1-2H3/t16-/m0/s1. The van der Waals surface area contributed by atoms with Crippen LogP contribution in [-0.2, 0) is 9.73 Å². The van der Waals surface area contributed by atoms with Crippen LogP contribution in [0.15, 0.2) is 46.2 Å². The first-order chi connectivity index (χ1) is 7.65. The second kappa shape index (κ2) is 4.05. The van der Waals surface area contributed by atoms with Crippen molar-refractivity contribution < 1.29 is 4.21 Å². The third-order valence-electron chi connectivity index (χ3n) is 2.24. The molecule has 0 aliphatic rings. The zero-order valence-corrected chi connectivity index (χ0v) is 9.89. The van der Waals surface area contributed by atoms with Gasteiger partial charge >= 0.3 is 0 Å². The van der Waals surface area contributed by atoms with Crippen molar-refractivity contribution in [1.82, 2.24) is 14.8 Å². The zero-order valence-electron chi connectivity index (χ0n) is 9.07. The van der Waals surface area contributed by atoms with Crippen LogP contribution in [0.5, 0.6) is 0 Å². The highest BCUT2D eigenvalue weighted by molar-refractivity contribution is 7.92. The molecule has 1 atom stereocenters. The van der Waals surface area contributed by atoms with Crippen LogP contribution in [0.3, 0.4) is 0 Å². The quantitative estimate of drug-likeness (QED) is 0.790. The number of hydrogen-bond donors (Lipinski definition) is 0. The number of hydrogen-bond acceptors (Lipinski definition) is 4. The maximum atomic E-state index is 12.1. The Morgan fingerprint density at radius 1 is 1.31 bits per heavy atom. The third kappa shape index (κ3) is 1.83. The van der Waals surface area contributed by atoms with Gasteiger partial charge in [0.2, 0.25) is 5.16 Å². The molecule has 0 bridgehead atoms. The predicted molar refractivity (Wildman–Crippen MR) is 62.0 cm³/mol. The molecule has 1 heterocycles. The average molecular weight is 236 g/mol. The minimum absolute atomic E-state index is 0.376. The second-order valence-electron chi connectivity index (χ2n) is 3.30. The van der Waals surface area contributed by atoms with Crippen molar-refractivity contribution in [2.24, 2.45) is 4.36 Å². The topological polar surface area (TPSA) is 60.1 Å². The maximum absolute atomic E-state index is 12.1. The molecule has 0 spiro atoms. The molecule has 0 aliphatic heterocycles. The highest BCUT2D eigenvalue weighted by Crippen LogP contribution is 2.14. The minimum Gasteiger partial charge on any atom is -0.274 e. The third-order valence-corrected chi connectivity index (χ3v) is 3.89. The Hall–Kier alpha value is -1.69. The average Bonchev–Trinajstić information content (AvgIpc) is 2.80. The summed E-state index contributed by atoms with van der Waals surface area (Å²) in [6.45, 7) is 0. The van der Waals surface area contributed by atoms with E-state index in [1.165, 1.54) is 7.05 Å². The van der Waals surface area contributed by atoms with Crippen molar-refractivity contribution in [2.75, 3.05) is 13.3 Å². The van der Waals surface area contributed by atoms with Crippen molar-refractivity contribution >= 4 is 9.73 Å². The summed E-state index contributed by atoms with van der Waals surface area (Å²) in [6, 6.07) is 9.52. The molecule has 1 aromatic heterocycles. The van der Waals surface area contributed by atoms with Crippen molar-refractivity contribution in [3.8, 4) is 5.69 Å². The summed E-state index contributed by atoms with van der Waals surface area (Å²) >= 11 is 0. The first kappa shape index (κ1) is 10.8. The van der Waals surface area contributed by atoms with Crippen LogP contribution in [0, 0.1) is 0 Å². The molecule has 2 aromatic rings. The number of rotatable bonds is 2. The maximum Gasteiger partial charge on any atom is 0.234 e. The van der Waals surface area contributed by atoms with Crippen molar-refractivity contribution in [3.63, 3.8) is 0 Å². The first-order valence-corrected chi connectivity index (χ1v) is 6.63. The Bertz CT molecular complexity index is 596. The van der Waals surface area contributed by atoms with Gasteiger partial charge in [-0.1, -0.05) is 18.2 Å². The molecule has 1 aromatic carbocycles. The molecule has 84 valence electrons. The molecule has 5 nitrogen and oxygen atoms in total. The Labute approximate surface area is 94.3 Å². The Morgan fingerprint density at radius 2 is 2.00 bits per heavy atom. The van der Waals surface area contributed by atoms with Crippen LogP contribution in [0.2, 0.25) is 0 Å². The summed E-state index contributed by atoms with van der Waals surface area (Å²) in [7, 11) is -0.949. The van der Waals surface area contributed by atoms with Gasteiger partial charge in [-0.3, -0.25) is 4.57 Å². The van der Waals surface area contributed by atoms with Gasteiger partial charge in [0, 0.05) is 19.0 Å². The zero-order chi connectivity index (χ0) is 11.6. The predicted octanol–water partition coefficient (Wildman–Crippen LogP) is 1.35. The molecule has 0 saturated heterocycles. The molecular formula is C10H12N4OS. The van der Waals surface area contributed by atoms with E-state index >= 15 is 0 Å². The lowest BCUT2D eigenvalue weighted by atomic mass is 10.3. The van der Waals surface area contributed by atoms with Crippen LogP contribution in [0.4, 0.5) is 0 Å². The normalized spacial score (nSPS) is 14.4. The van der Waals surface area contributed by atoms with Gasteiger partial charge in [0.05, 0.1) is 0 Å². The van der Waals surface area contributed by atoms with E-state index in [2.05, 4.69) is 14.6 Å². The van der Waals surface area contributed by atoms with E-state index < -0.39 is 9.73 Å². The van der Waals surface area contributed by atoms with Gasteiger partial charge < -0.3 is 0 Å². The first-order valence-electron chi connectivity index (χ1n) is 4.71. The summed E-state index contributed by atoms with van der Waals surface area (Å²) in [6.07, 6.45) is 3.09. The Kier molecular flexibility index (Phi) is 2.74. The van der Waals surface area contributed by atoms with Crippen LogP contribution >= 0.6 is 0 Å². The summed E-state index contributed by atoms with van der Waals surface area (Å²) in [4.78, 5) is 0. The van der Waals surface area contributed by atoms with Gasteiger partial charge in [-0.05, 0) is 12.1 Å². The molecule has 0 amide bonds. The molecule has 0 unspecified atom stereocenters. The SMILES string of the molecule is CN=[S@@](C)(=O)c1nncn1-c1ccccc1. The molecule has 0 radical (unpaired) electrons. The highest BCUT2D eigenvalue weighted by Gasteiger charge is 2.14. The van der Waals surface area contributed by atoms with Crippen LogP contribution in [0.1, 0.15) is 0 Å². The Morgan fingerprint density at radius 3 is 2.62 bits per heavy atom. The fraction of sp³-hybridized carbons (Fsp3) is 0.200. The van der Waals surface area contributed by atoms with Crippen LogP contribution in [0.25, 0.3) is 5.69 Å². The molecule has 2 rings (SSSR count). The van der Waals surface area contributed by atoms with Gasteiger partial charge in [0.15, 0.2) is 0 Å². The summed E-state index contributed by atoms with van der Waals surface area (Å²) in [5.41, 5.74) is 0.876. The van der Waals surface area contributed by atoms with Gasteiger partial charge in [-0.25, -0.2) is 8.57 Å². The summed E-state index contributed by atoms with van der Waals surface area (Å²) in [5.74, 6) is 0. The van der Waals surface area contributed by atoms with Gasteiger partial charge in [-0.15, -0.1) is 10.2 Å². The number of aromatic nitrogens is 3. The highest BCUT2D eigenvalue weighted by atomic mass is 32.2. The van der Waals surface area contributed by atoms with E-state index in [4.69, 9.17) is 0 Å². The van der Waals surface area contributed by atoms with Gasteiger partial charge in [-0.2, -0.15) is 0 Å². The summed E-state index contributed by atoms with van der Waals surface area (Å²) < 4.78 is 17.7. The molecule has 0 saturated carbocycles. The second-order valence-corrected chi connectivity index (χ2v) is 5.64. The number of benzene rings is 1. The van der Waals surface area contributed by atoms with Gasteiger partial charge in [0.1, 0.15) is 16.1 Å². The lowest BCUT2D eigenvalue weighted by Crippen LogP contribution is -2.07. The van der Waals surface area contributed by atoms with E-state index in [9.17, 15) is 4.21 Å². The van der Waals surface area contributed by atoms with E-state index in [1.807, 2.05) is 30.3 Å². The van der Waals surface area contributed by atoms with Crippen molar-refractivity contribution in [2.45, 2.75) is 5.16 Å². The molecule has 0 fully saturated rings. The number of nitrogens with zero attached hydrogens (tertiary/aromatic N) is 4. The fourth-order valence-corrected chi connectivity index (χ4v) is 2.21. The molecule has 0 aliphatic carbocycles. The smallest absolute Gasteiger partial charge is 0.234 e. The number of para-hydroxylation sites is 1. The lowest BCUT2D eigenvalue weighted by molar-refractivity contribution is 0.668. The molecule has 6 heteroatoms. The Balaban J connectivity index is 2.62. The van der Waals surface area contributed by atoms with Crippen molar-refractivity contribution in [3.05, 3.63) is 36.7 Å². The van der Waals surface area contributed by atoms with E-state index in [0.29, 0.717) is 5.16 Å². The van der Waals surface area contributed by atoms with Gasteiger partial charge in [0.25, 0.3) is 0 Å². The largest absolute Gasteiger partial charge is 0.274 e. The van der Waals surface area contributed by atoms with Crippen LogP contribution in [-0.4, -0.2) is 32.3 Å². The van der Waals surface area contributed by atoms with E-state index in [-0.39, 0.29) is 0 Å². The van der Waals surface area contributed by atoms with E-state index in [0.717, 1.165) is 5.69 Å². The molecule has 0 N–H and O–H groups in total. The van der Waals surface area contributed by atoms with Crippen molar-refractivity contribution in [1.29, 1.82) is 0 Å². The van der Waals surface area contributed by atoms with E-state index in [1.54, 1.807) is 17.2 Å². The monoisotopic (exact) mass is 236 g/mol. The van der Waals surface area contributed by atoms with Crippen LogP contribution < -0.4 is 0 Å². The fourth-order valence-electron chi connectivity index (χ4n) is 1.33.